The average molecular weight is 315 g/mol. The third kappa shape index (κ3) is 3.35. The molecule has 0 aliphatic heterocycles. The van der Waals surface area contributed by atoms with Crippen LogP contribution in [0.2, 0.25) is 0 Å². The van der Waals surface area contributed by atoms with E-state index in [9.17, 15) is 0 Å². The standard InChI is InChI=1S/C23H25N/c1-3-11-20(12-4-2)24(21-15-6-5-7-16-21)23-18-10-14-19-13-8-9-17-22(19)23/h3,5-11,13-18,20H,4,12H2,1-2H3/b11-3-. The van der Waals surface area contributed by atoms with Crippen LogP contribution in [0.3, 0.4) is 0 Å². The van der Waals surface area contributed by atoms with Gasteiger partial charge in [0.1, 0.15) is 0 Å². The van der Waals surface area contributed by atoms with Gasteiger partial charge in [0, 0.05) is 16.8 Å². The Labute approximate surface area is 145 Å². The SMILES string of the molecule is C/C=C\C(CCC)N(c1ccccc1)c1cccc2ccccc12. The predicted molar refractivity (Wildman–Crippen MR) is 106 cm³/mol. The molecule has 0 fully saturated rings. The number of benzene rings is 3. The first-order valence-electron chi connectivity index (χ1n) is 8.80. The first kappa shape index (κ1) is 16.3. The molecule has 0 radical (unpaired) electrons. The Morgan fingerprint density at radius 3 is 2.33 bits per heavy atom. The Morgan fingerprint density at radius 1 is 0.875 bits per heavy atom. The molecule has 1 nitrogen and oxygen atoms in total. The van der Waals surface area contributed by atoms with Gasteiger partial charge in [0.25, 0.3) is 0 Å². The molecule has 0 saturated heterocycles. The monoisotopic (exact) mass is 315 g/mol. The largest absolute Gasteiger partial charge is 0.334 e. The third-order valence-electron chi connectivity index (χ3n) is 4.39. The van der Waals surface area contributed by atoms with Crippen molar-refractivity contribution in [1.29, 1.82) is 0 Å². The van der Waals surface area contributed by atoms with Crippen LogP contribution in [0.4, 0.5) is 11.4 Å². The summed E-state index contributed by atoms with van der Waals surface area (Å²) >= 11 is 0. The molecule has 3 aromatic rings. The number of fused-ring (bicyclic) bond motifs is 1. The van der Waals surface area contributed by atoms with Crippen molar-refractivity contribution < 1.29 is 0 Å². The van der Waals surface area contributed by atoms with E-state index in [0.29, 0.717) is 6.04 Å². The summed E-state index contributed by atoms with van der Waals surface area (Å²) in [4.78, 5) is 2.48. The van der Waals surface area contributed by atoms with Gasteiger partial charge in [-0.05, 0) is 36.9 Å². The number of anilines is 2. The number of hydrogen-bond donors (Lipinski definition) is 0. The molecule has 0 heterocycles. The Hall–Kier alpha value is -2.54. The van der Waals surface area contributed by atoms with Gasteiger partial charge in [-0.15, -0.1) is 0 Å². The first-order chi connectivity index (χ1) is 11.8. The zero-order valence-corrected chi connectivity index (χ0v) is 14.5. The number of rotatable bonds is 6. The van der Waals surface area contributed by atoms with Gasteiger partial charge in [0.05, 0.1) is 6.04 Å². The molecule has 3 rings (SSSR count). The van der Waals surface area contributed by atoms with Crippen molar-refractivity contribution in [3.05, 3.63) is 84.9 Å². The van der Waals surface area contributed by atoms with Gasteiger partial charge in [-0.1, -0.05) is 80.1 Å². The highest BCUT2D eigenvalue weighted by atomic mass is 15.2. The minimum absolute atomic E-state index is 0.355. The summed E-state index contributed by atoms with van der Waals surface area (Å²) in [5.41, 5.74) is 2.52. The van der Waals surface area contributed by atoms with Gasteiger partial charge in [0.2, 0.25) is 0 Å². The smallest absolute Gasteiger partial charge is 0.0522 e. The second-order valence-corrected chi connectivity index (χ2v) is 6.09. The second-order valence-electron chi connectivity index (χ2n) is 6.09. The van der Waals surface area contributed by atoms with Crippen LogP contribution >= 0.6 is 0 Å². The molecule has 0 aromatic heterocycles. The molecule has 0 N–H and O–H groups in total. The van der Waals surface area contributed by atoms with Gasteiger partial charge in [-0.3, -0.25) is 0 Å². The fourth-order valence-corrected chi connectivity index (χ4v) is 3.35. The highest BCUT2D eigenvalue weighted by Gasteiger charge is 2.19. The fraction of sp³-hybridized carbons (Fsp3) is 0.217. The molecule has 1 unspecified atom stereocenters. The van der Waals surface area contributed by atoms with E-state index in [1.807, 2.05) is 0 Å². The van der Waals surface area contributed by atoms with Crippen LogP contribution in [0.25, 0.3) is 10.8 Å². The van der Waals surface area contributed by atoms with Crippen LogP contribution in [0.1, 0.15) is 26.7 Å². The molecule has 1 heteroatoms. The highest BCUT2D eigenvalue weighted by Crippen LogP contribution is 2.35. The Morgan fingerprint density at radius 2 is 1.58 bits per heavy atom. The van der Waals surface area contributed by atoms with Crippen LogP contribution in [0.15, 0.2) is 84.9 Å². The van der Waals surface area contributed by atoms with Gasteiger partial charge in [-0.2, -0.15) is 0 Å². The fourth-order valence-electron chi connectivity index (χ4n) is 3.35. The lowest BCUT2D eigenvalue weighted by Crippen LogP contribution is -2.29. The van der Waals surface area contributed by atoms with Crippen LogP contribution in [-0.4, -0.2) is 6.04 Å². The first-order valence-corrected chi connectivity index (χ1v) is 8.80. The lowest BCUT2D eigenvalue weighted by Gasteiger charge is -2.33. The predicted octanol–water partition coefficient (Wildman–Crippen LogP) is 6.72. The zero-order valence-electron chi connectivity index (χ0n) is 14.5. The molecule has 0 saturated carbocycles. The van der Waals surface area contributed by atoms with E-state index in [2.05, 4.69) is 104 Å². The van der Waals surface area contributed by atoms with Crippen LogP contribution in [-0.2, 0) is 0 Å². The molecule has 0 bridgehead atoms. The Kier molecular flexibility index (Phi) is 5.32. The van der Waals surface area contributed by atoms with Crippen LogP contribution in [0.5, 0.6) is 0 Å². The molecule has 0 amide bonds. The molecule has 1 atom stereocenters. The third-order valence-corrected chi connectivity index (χ3v) is 4.39. The maximum Gasteiger partial charge on any atom is 0.0522 e. The van der Waals surface area contributed by atoms with E-state index in [-0.39, 0.29) is 0 Å². The van der Waals surface area contributed by atoms with E-state index in [0.717, 1.165) is 12.8 Å². The van der Waals surface area contributed by atoms with E-state index in [1.165, 1.54) is 22.1 Å². The molecule has 122 valence electrons. The van der Waals surface area contributed by atoms with Gasteiger partial charge in [-0.25, -0.2) is 0 Å². The van der Waals surface area contributed by atoms with Crippen LogP contribution in [0, 0.1) is 0 Å². The number of nitrogens with zero attached hydrogens (tertiary/aromatic N) is 1. The Balaban J connectivity index is 2.20. The molecular weight excluding hydrogens is 290 g/mol. The molecule has 24 heavy (non-hydrogen) atoms. The summed E-state index contributed by atoms with van der Waals surface area (Å²) in [5, 5.41) is 2.58. The summed E-state index contributed by atoms with van der Waals surface area (Å²) < 4.78 is 0. The number of allylic oxidation sites excluding steroid dienone is 1. The van der Waals surface area contributed by atoms with E-state index in [4.69, 9.17) is 0 Å². The van der Waals surface area contributed by atoms with Crippen molar-refractivity contribution in [3.8, 4) is 0 Å². The minimum atomic E-state index is 0.355. The van der Waals surface area contributed by atoms with Crippen LogP contribution < -0.4 is 4.90 Å². The molecular formula is C23H25N. The zero-order chi connectivity index (χ0) is 16.8. The van der Waals surface area contributed by atoms with E-state index in [1.54, 1.807) is 0 Å². The number of hydrogen-bond acceptors (Lipinski definition) is 1. The van der Waals surface area contributed by atoms with Crippen molar-refractivity contribution in [1.82, 2.24) is 0 Å². The van der Waals surface area contributed by atoms with Crippen molar-refractivity contribution in [2.45, 2.75) is 32.7 Å². The highest BCUT2D eigenvalue weighted by molar-refractivity contribution is 5.96. The van der Waals surface area contributed by atoms with Crippen molar-refractivity contribution >= 4 is 22.1 Å². The number of para-hydroxylation sites is 1. The quantitative estimate of drug-likeness (QED) is 0.456. The lowest BCUT2D eigenvalue weighted by atomic mass is 10.0. The Bertz CT molecular complexity index is 799. The van der Waals surface area contributed by atoms with Gasteiger partial charge >= 0.3 is 0 Å². The summed E-state index contributed by atoms with van der Waals surface area (Å²) in [6.45, 7) is 4.36. The second kappa shape index (κ2) is 7.83. The molecule has 0 spiro atoms. The van der Waals surface area contributed by atoms with Crippen molar-refractivity contribution in [3.63, 3.8) is 0 Å². The minimum Gasteiger partial charge on any atom is -0.334 e. The lowest BCUT2D eigenvalue weighted by molar-refractivity contribution is 0.684. The van der Waals surface area contributed by atoms with Gasteiger partial charge < -0.3 is 4.90 Å². The van der Waals surface area contributed by atoms with Crippen molar-refractivity contribution in [2.75, 3.05) is 4.90 Å². The van der Waals surface area contributed by atoms with E-state index < -0.39 is 0 Å². The molecule has 0 aliphatic rings. The summed E-state index contributed by atoms with van der Waals surface area (Å²) in [5.74, 6) is 0. The van der Waals surface area contributed by atoms with E-state index >= 15 is 0 Å². The summed E-state index contributed by atoms with van der Waals surface area (Å²) in [6.07, 6.45) is 6.77. The topological polar surface area (TPSA) is 3.24 Å². The van der Waals surface area contributed by atoms with Crippen molar-refractivity contribution in [2.24, 2.45) is 0 Å². The van der Waals surface area contributed by atoms with Gasteiger partial charge in [0.15, 0.2) is 0 Å². The average Bonchev–Trinajstić information content (AvgIpc) is 2.63. The maximum atomic E-state index is 2.48. The maximum absolute atomic E-state index is 2.48. The molecule has 0 aliphatic carbocycles. The normalized spacial score (nSPS) is 12.6. The molecule has 3 aromatic carbocycles. The summed E-state index contributed by atoms with van der Waals surface area (Å²) in [7, 11) is 0. The summed E-state index contributed by atoms with van der Waals surface area (Å²) in [6, 6.07) is 26.3.